The number of fused-ring (bicyclic) bond motifs is 1. The fraction of sp³-hybridized carbons (Fsp3) is 0.294. The number of aromatic nitrogens is 3. The van der Waals surface area contributed by atoms with Gasteiger partial charge in [-0.15, -0.1) is 17.0 Å². The van der Waals surface area contributed by atoms with Crippen molar-refractivity contribution in [1.82, 2.24) is 19.9 Å². The van der Waals surface area contributed by atoms with Crippen LogP contribution in [0.5, 0.6) is 0 Å². The molecule has 4 heterocycles. The second kappa shape index (κ2) is 12.7. The number of rotatable bonds is 6. The number of pyridine rings is 1. The molecular formula is C34H35BrF2N6O2S. The molecule has 1 aliphatic heterocycles. The summed E-state index contributed by atoms with van der Waals surface area (Å²) in [5.74, 6) is -1.81. The number of amides is 1. The third-order valence-electron chi connectivity index (χ3n) is 7.97. The van der Waals surface area contributed by atoms with E-state index in [2.05, 4.69) is 43.6 Å². The molecule has 6 rings (SSSR count). The number of nitrogens with one attached hydrogen (secondary N) is 3. The first-order valence-corrected chi connectivity index (χ1v) is 15.6. The standard InChI is InChI=1S/C34H34F2N6O2S.BrH/c1-19-9-10-21(37-31(44)20-13-14-45-18-20)15-24(19)28-23-11-12-27(43)42(29-25(35)7-6-8-26(29)36)30(23)40-32(39-28)38-22-16-33(2,3)41-34(4,5)17-22;/h6-15,18,22,41H,16-17H2,1-5H3,(H,37,44)(H,38,39,40);1H. The molecule has 1 aliphatic rings. The van der Waals surface area contributed by atoms with Gasteiger partial charge in [0, 0.05) is 45.2 Å². The lowest BCUT2D eigenvalue weighted by Gasteiger charge is -2.46. The van der Waals surface area contributed by atoms with Crippen LogP contribution in [0.2, 0.25) is 0 Å². The van der Waals surface area contributed by atoms with Crippen molar-refractivity contribution < 1.29 is 13.6 Å². The van der Waals surface area contributed by atoms with Crippen LogP contribution >= 0.6 is 28.3 Å². The van der Waals surface area contributed by atoms with Crippen molar-refractivity contribution in [2.75, 3.05) is 10.6 Å². The van der Waals surface area contributed by atoms with E-state index in [1.807, 2.05) is 18.4 Å². The molecule has 0 atom stereocenters. The molecule has 8 nitrogen and oxygen atoms in total. The summed E-state index contributed by atoms with van der Waals surface area (Å²) in [4.78, 5) is 35.8. The van der Waals surface area contributed by atoms with Crippen molar-refractivity contribution >= 4 is 56.9 Å². The van der Waals surface area contributed by atoms with Gasteiger partial charge in [-0.1, -0.05) is 12.1 Å². The minimum absolute atomic E-state index is 0. The number of piperidine rings is 1. The maximum atomic E-state index is 15.2. The SMILES string of the molecule is Br.Cc1ccc(NC(=O)c2ccsc2)cc1-c1nc(NC2CC(C)(C)NC(C)(C)C2)nc2c1ccc(=O)n2-c1c(F)cccc1F. The molecule has 1 saturated heterocycles. The van der Waals surface area contributed by atoms with E-state index in [-0.39, 0.29) is 51.6 Å². The van der Waals surface area contributed by atoms with E-state index in [0.717, 1.165) is 35.1 Å². The molecule has 5 aromatic rings. The predicted octanol–water partition coefficient (Wildman–Crippen LogP) is 7.65. The fourth-order valence-corrected chi connectivity index (χ4v) is 7.10. The number of carbonyl (C=O) groups is 1. The van der Waals surface area contributed by atoms with Crippen molar-refractivity contribution in [3.63, 3.8) is 0 Å². The van der Waals surface area contributed by atoms with Gasteiger partial charge in [-0.2, -0.15) is 16.3 Å². The van der Waals surface area contributed by atoms with Gasteiger partial charge in [0.15, 0.2) is 5.65 Å². The summed E-state index contributed by atoms with van der Waals surface area (Å²) in [7, 11) is 0. The average Bonchev–Trinajstić information content (AvgIpc) is 3.48. The molecule has 0 radical (unpaired) electrons. The smallest absolute Gasteiger partial charge is 0.256 e. The Hall–Kier alpha value is -4.00. The van der Waals surface area contributed by atoms with E-state index >= 15 is 8.78 Å². The molecule has 46 heavy (non-hydrogen) atoms. The Morgan fingerprint density at radius 3 is 2.35 bits per heavy atom. The van der Waals surface area contributed by atoms with Gasteiger partial charge in [-0.25, -0.2) is 13.8 Å². The number of hydrogen-bond donors (Lipinski definition) is 3. The Bertz CT molecular complexity index is 1960. The summed E-state index contributed by atoms with van der Waals surface area (Å²) in [6.07, 6.45) is 1.53. The van der Waals surface area contributed by atoms with Gasteiger partial charge in [-0.05, 0) is 94.8 Å². The topological polar surface area (TPSA) is 101 Å². The lowest BCUT2D eigenvalue weighted by molar-refractivity contribution is 0.102. The van der Waals surface area contributed by atoms with E-state index in [1.54, 1.807) is 29.6 Å². The Morgan fingerprint density at radius 1 is 1.00 bits per heavy atom. The summed E-state index contributed by atoms with van der Waals surface area (Å²) >= 11 is 1.43. The van der Waals surface area contributed by atoms with Crippen molar-refractivity contribution in [2.24, 2.45) is 0 Å². The summed E-state index contributed by atoms with van der Waals surface area (Å²) in [5.41, 5.74) is 1.59. The average molecular weight is 710 g/mol. The highest BCUT2D eigenvalue weighted by atomic mass is 79.9. The van der Waals surface area contributed by atoms with Crippen molar-refractivity contribution in [3.8, 4) is 16.9 Å². The lowest BCUT2D eigenvalue weighted by atomic mass is 9.80. The highest BCUT2D eigenvalue weighted by molar-refractivity contribution is 8.93. The summed E-state index contributed by atoms with van der Waals surface area (Å²) < 4.78 is 31.3. The van der Waals surface area contributed by atoms with Crippen LogP contribution in [0.4, 0.5) is 20.4 Å². The summed E-state index contributed by atoms with van der Waals surface area (Å²) in [6, 6.07) is 13.5. The molecule has 0 bridgehead atoms. The molecular weight excluding hydrogens is 674 g/mol. The molecule has 12 heteroatoms. The van der Waals surface area contributed by atoms with Crippen LogP contribution in [0.15, 0.2) is 70.2 Å². The molecule has 0 aliphatic carbocycles. The van der Waals surface area contributed by atoms with Gasteiger partial charge in [0.05, 0.1) is 11.3 Å². The first-order valence-electron chi connectivity index (χ1n) is 14.7. The summed E-state index contributed by atoms with van der Waals surface area (Å²) in [5, 5.41) is 14.1. The largest absolute Gasteiger partial charge is 0.351 e. The number of anilines is 2. The molecule has 1 fully saturated rings. The molecule has 3 N–H and O–H groups in total. The van der Waals surface area contributed by atoms with E-state index in [0.29, 0.717) is 27.9 Å². The van der Waals surface area contributed by atoms with Gasteiger partial charge in [0.1, 0.15) is 17.3 Å². The Labute approximate surface area is 280 Å². The van der Waals surface area contributed by atoms with Crippen molar-refractivity contribution in [2.45, 2.75) is 64.6 Å². The van der Waals surface area contributed by atoms with Gasteiger partial charge in [-0.3, -0.25) is 14.2 Å². The Morgan fingerprint density at radius 2 is 1.70 bits per heavy atom. The highest BCUT2D eigenvalue weighted by Crippen LogP contribution is 2.35. The third-order valence-corrected chi connectivity index (χ3v) is 8.65. The van der Waals surface area contributed by atoms with Crippen LogP contribution in [0, 0.1) is 18.6 Å². The number of carbonyl (C=O) groups excluding carboxylic acids is 1. The molecule has 3 aromatic heterocycles. The number of thiophene rings is 1. The normalized spacial score (nSPS) is 15.7. The minimum atomic E-state index is -0.893. The zero-order valence-corrected chi connectivity index (χ0v) is 28.6. The lowest BCUT2D eigenvalue weighted by Crippen LogP contribution is -2.60. The van der Waals surface area contributed by atoms with Gasteiger partial charge in [0.2, 0.25) is 5.95 Å². The third kappa shape index (κ3) is 6.74. The zero-order valence-electron chi connectivity index (χ0n) is 26.1. The first-order chi connectivity index (χ1) is 21.3. The number of aryl methyl sites for hydroxylation is 1. The van der Waals surface area contributed by atoms with E-state index in [9.17, 15) is 9.59 Å². The van der Waals surface area contributed by atoms with Crippen LogP contribution in [-0.4, -0.2) is 37.6 Å². The summed E-state index contributed by atoms with van der Waals surface area (Å²) in [6.45, 7) is 10.4. The van der Waals surface area contributed by atoms with Crippen LogP contribution < -0.4 is 21.5 Å². The number of para-hydroxylation sites is 1. The maximum Gasteiger partial charge on any atom is 0.256 e. The van der Waals surface area contributed by atoms with Crippen LogP contribution in [0.1, 0.15) is 56.5 Å². The van der Waals surface area contributed by atoms with Crippen molar-refractivity contribution in [1.29, 1.82) is 0 Å². The van der Waals surface area contributed by atoms with Crippen LogP contribution in [-0.2, 0) is 0 Å². The zero-order chi connectivity index (χ0) is 32.1. The van der Waals surface area contributed by atoms with Crippen LogP contribution in [0.25, 0.3) is 28.0 Å². The molecule has 0 unspecified atom stereocenters. The number of benzene rings is 2. The van der Waals surface area contributed by atoms with Crippen LogP contribution in [0.3, 0.4) is 0 Å². The second-order valence-corrected chi connectivity index (χ2v) is 13.6. The molecule has 2 aromatic carbocycles. The fourth-order valence-electron chi connectivity index (χ4n) is 6.46. The monoisotopic (exact) mass is 708 g/mol. The number of halogens is 3. The molecule has 1 amide bonds. The predicted molar refractivity (Wildman–Crippen MR) is 186 cm³/mol. The van der Waals surface area contributed by atoms with E-state index in [1.165, 1.54) is 23.5 Å². The maximum absolute atomic E-state index is 15.2. The van der Waals surface area contributed by atoms with E-state index < -0.39 is 22.9 Å². The second-order valence-electron chi connectivity index (χ2n) is 12.8. The highest BCUT2D eigenvalue weighted by Gasteiger charge is 2.38. The van der Waals surface area contributed by atoms with Crippen molar-refractivity contribution in [3.05, 3.63) is 98.5 Å². The molecule has 240 valence electrons. The molecule has 0 saturated carbocycles. The molecule has 0 spiro atoms. The van der Waals surface area contributed by atoms with E-state index in [4.69, 9.17) is 9.97 Å². The van der Waals surface area contributed by atoms with Gasteiger partial charge >= 0.3 is 0 Å². The van der Waals surface area contributed by atoms with Gasteiger partial charge < -0.3 is 16.0 Å². The minimum Gasteiger partial charge on any atom is -0.351 e. The Kier molecular flexibility index (Phi) is 9.18. The number of nitrogens with zero attached hydrogens (tertiary/aromatic N) is 3. The van der Waals surface area contributed by atoms with Gasteiger partial charge in [0.25, 0.3) is 11.5 Å². The number of hydrogen-bond acceptors (Lipinski definition) is 7. The first kappa shape index (κ1) is 33.4. The quantitative estimate of drug-likeness (QED) is 0.168. The Balaban J connectivity index is 0.00000417.